The summed E-state index contributed by atoms with van der Waals surface area (Å²) < 4.78 is 3.05. The zero-order chi connectivity index (χ0) is 12.4. The van der Waals surface area contributed by atoms with Crippen molar-refractivity contribution in [1.29, 1.82) is 0 Å². The number of aryl methyl sites for hydroxylation is 2. The van der Waals surface area contributed by atoms with E-state index >= 15 is 0 Å². The summed E-state index contributed by atoms with van der Waals surface area (Å²) in [6.45, 7) is 2.63. The van der Waals surface area contributed by atoms with Gasteiger partial charge >= 0.3 is 0 Å². The van der Waals surface area contributed by atoms with Gasteiger partial charge in [-0.15, -0.1) is 11.3 Å². The van der Waals surface area contributed by atoms with Gasteiger partial charge in [-0.3, -0.25) is 4.68 Å². The summed E-state index contributed by atoms with van der Waals surface area (Å²) in [5, 5.41) is 5.79. The lowest BCUT2D eigenvalue weighted by molar-refractivity contribution is 0.690. The summed E-state index contributed by atoms with van der Waals surface area (Å²) in [6.07, 6.45) is 0. The van der Waals surface area contributed by atoms with E-state index in [1.165, 1.54) is 4.88 Å². The van der Waals surface area contributed by atoms with E-state index < -0.39 is 0 Å². The second-order valence-corrected chi connectivity index (χ2v) is 7.45. The highest BCUT2D eigenvalue weighted by Gasteiger charge is 2.16. The minimum atomic E-state index is 0.293. The summed E-state index contributed by atoms with van der Waals surface area (Å²) in [7, 11) is 1.97. The lowest BCUT2D eigenvalue weighted by Gasteiger charge is -2.12. The van der Waals surface area contributed by atoms with Crippen LogP contribution in [0.2, 0.25) is 0 Å². The van der Waals surface area contributed by atoms with Crippen molar-refractivity contribution in [3.8, 4) is 0 Å². The second kappa shape index (κ2) is 5.56. The zero-order valence-electron chi connectivity index (χ0n) is 9.68. The lowest BCUT2D eigenvalue weighted by atomic mass is 10.3. The third-order valence-corrected chi connectivity index (χ3v) is 5.59. The van der Waals surface area contributed by atoms with E-state index in [2.05, 4.69) is 39.2 Å². The van der Waals surface area contributed by atoms with Crippen molar-refractivity contribution in [2.75, 3.05) is 6.54 Å². The van der Waals surface area contributed by atoms with Gasteiger partial charge in [0.15, 0.2) is 0 Å². The normalized spacial score (nSPS) is 12.9. The molecular weight excluding hydrogens is 318 g/mol. The summed E-state index contributed by atoms with van der Waals surface area (Å²) in [5.74, 6) is 0. The van der Waals surface area contributed by atoms with Crippen LogP contribution >= 0.6 is 39.0 Å². The molecule has 0 aliphatic heterocycles. The number of hydrogen-bond donors (Lipinski definition) is 1. The molecule has 2 aromatic heterocycles. The molecule has 0 fully saturated rings. The van der Waals surface area contributed by atoms with Crippen molar-refractivity contribution in [1.82, 2.24) is 9.78 Å². The molecule has 2 aromatic rings. The Morgan fingerprint density at radius 1 is 1.59 bits per heavy atom. The van der Waals surface area contributed by atoms with Gasteiger partial charge in [-0.05, 0) is 41.1 Å². The highest BCUT2D eigenvalue weighted by Crippen LogP contribution is 2.38. The third-order valence-electron chi connectivity index (χ3n) is 2.35. The maximum Gasteiger partial charge on any atom is 0.0946 e. The van der Waals surface area contributed by atoms with Crippen molar-refractivity contribution in [3.63, 3.8) is 0 Å². The topological polar surface area (TPSA) is 43.8 Å². The van der Waals surface area contributed by atoms with E-state index in [9.17, 15) is 0 Å². The molecule has 92 valence electrons. The van der Waals surface area contributed by atoms with Crippen molar-refractivity contribution in [2.24, 2.45) is 12.8 Å². The largest absolute Gasteiger partial charge is 0.329 e. The molecular formula is C11H14BrN3S2. The van der Waals surface area contributed by atoms with Crippen LogP contribution in [0.3, 0.4) is 0 Å². The summed E-state index contributed by atoms with van der Waals surface area (Å²) in [6, 6.07) is 6.29. The fourth-order valence-electron chi connectivity index (χ4n) is 1.57. The van der Waals surface area contributed by atoms with Crippen LogP contribution in [-0.2, 0) is 7.05 Å². The van der Waals surface area contributed by atoms with Gasteiger partial charge in [0.05, 0.1) is 19.8 Å². The molecule has 1 unspecified atom stereocenters. The molecule has 0 amide bonds. The highest BCUT2D eigenvalue weighted by molar-refractivity contribution is 9.11. The van der Waals surface area contributed by atoms with Crippen LogP contribution in [0.15, 0.2) is 27.0 Å². The maximum atomic E-state index is 5.86. The van der Waals surface area contributed by atoms with Gasteiger partial charge in [0, 0.05) is 18.5 Å². The Bertz CT molecular complexity index is 507. The summed E-state index contributed by atoms with van der Waals surface area (Å²) in [4.78, 5) is 1.29. The first-order valence-corrected chi connectivity index (χ1v) is 7.71. The van der Waals surface area contributed by atoms with Gasteiger partial charge in [0.1, 0.15) is 0 Å². The predicted molar refractivity (Wildman–Crippen MR) is 77.6 cm³/mol. The second-order valence-electron chi connectivity index (χ2n) is 3.73. The van der Waals surface area contributed by atoms with Gasteiger partial charge in [0.25, 0.3) is 0 Å². The number of thiophene rings is 1. The number of rotatable bonds is 4. The van der Waals surface area contributed by atoms with E-state index in [1.54, 1.807) is 23.1 Å². The van der Waals surface area contributed by atoms with Crippen LogP contribution in [-0.4, -0.2) is 16.3 Å². The highest BCUT2D eigenvalue weighted by atomic mass is 79.9. The first-order chi connectivity index (χ1) is 8.10. The average Bonchev–Trinajstić information content (AvgIpc) is 2.82. The van der Waals surface area contributed by atoms with E-state index in [-0.39, 0.29) is 0 Å². The molecule has 0 aliphatic carbocycles. The summed E-state index contributed by atoms with van der Waals surface area (Å²) >= 11 is 6.99. The van der Waals surface area contributed by atoms with E-state index in [0.29, 0.717) is 11.8 Å². The smallest absolute Gasteiger partial charge is 0.0946 e. The molecule has 0 saturated carbocycles. The Labute approximate surface area is 118 Å². The van der Waals surface area contributed by atoms with Crippen molar-refractivity contribution < 1.29 is 0 Å². The van der Waals surface area contributed by atoms with Crippen molar-refractivity contribution in [3.05, 3.63) is 32.6 Å². The Balaban J connectivity index is 2.18. The van der Waals surface area contributed by atoms with Crippen LogP contribution < -0.4 is 5.73 Å². The number of nitrogens with two attached hydrogens (primary N) is 1. The Kier molecular flexibility index (Phi) is 4.30. The Morgan fingerprint density at radius 3 is 2.82 bits per heavy atom. The quantitative estimate of drug-likeness (QED) is 0.874. The molecule has 6 heteroatoms. The van der Waals surface area contributed by atoms with Crippen LogP contribution in [0, 0.1) is 6.92 Å². The zero-order valence-corrected chi connectivity index (χ0v) is 12.9. The van der Waals surface area contributed by atoms with Gasteiger partial charge in [0.2, 0.25) is 0 Å². The van der Waals surface area contributed by atoms with Gasteiger partial charge in [-0.1, -0.05) is 11.8 Å². The number of thioether (sulfide) groups is 1. The lowest BCUT2D eigenvalue weighted by Crippen LogP contribution is -2.08. The third kappa shape index (κ3) is 3.13. The van der Waals surface area contributed by atoms with Gasteiger partial charge < -0.3 is 5.73 Å². The van der Waals surface area contributed by atoms with E-state index in [1.807, 2.05) is 18.7 Å². The average molecular weight is 332 g/mol. The molecule has 3 nitrogen and oxygen atoms in total. The molecule has 0 aromatic carbocycles. The number of halogens is 1. The Hall–Kier alpha value is -0.300. The van der Waals surface area contributed by atoms with Crippen molar-refractivity contribution in [2.45, 2.75) is 17.2 Å². The number of aromatic nitrogens is 2. The minimum absolute atomic E-state index is 0.293. The maximum absolute atomic E-state index is 5.86. The van der Waals surface area contributed by atoms with E-state index in [4.69, 9.17) is 5.73 Å². The summed E-state index contributed by atoms with van der Waals surface area (Å²) in [5.41, 5.74) is 6.90. The monoisotopic (exact) mass is 331 g/mol. The first kappa shape index (κ1) is 13.1. The fourth-order valence-corrected chi connectivity index (χ4v) is 4.29. The van der Waals surface area contributed by atoms with Crippen LogP contribution in [0.25, 0.3) is 0 Å². The molecule has 0 bridgehead atoms. The molecule has 0 saturated heterocycles. The molecule has 0 aliphatic rings. The molecule has 2 rings (SSSR count). The number of nitrogens with zero attached hydrogens (tertiary/aromatic N) is 2. The van der Waals surface area contributed by atoms with Crippen molar-refractivity contribution >= 4 is 39.0 Å². The van der Waals surface area contributed by atoms with Crippen LogP contribution in [0.5, 0.6) is 0 Å². The molecule has 2 N–H and O–H groups in total. The number of hydrogen-bond acceptors (Lipinski definition) is 4. The van der Waals surface area contributed by atoms with Crippen LogP contribution in [0.1, 0.15) is 15.8 Å². The fraction of sp³-hybridized carbons (Fsp3) is 0.364. The molecule has 17 heavy (non-hydrogen) atoms. The van der Waals surface area contributed by atoms with Gasteiger partial charge in [-0.25, -0.2) is 0 Å². The first-order valence-electron chi connectivity index (χ1n) is 5.22. The minimum Gasteiger partial charge on any atom is -0.329 e. The Morgan fingerprint density at radius 2 is 2.35 bits per heavy atom. The molecule has 2 heterocycles. The standard InChI is InChI=1S/C11H14BrN3S2/c1-7-5-11(15(2)14-7)17-9(6-13)8-3-4-10(12)16-8/h3-5,9H,6,13H2,1-2H3. The van der Waals surface area contributed by atoms with E-state index in [0.717, 1.165) is 14.5 Å². The predicted octanol–water partition coefficient (Wildman–Crippen LogP) is 3.34. The molecule has 1 atom stereocenters. The molecule has 0 spiro atoms. The molecule has 0 radical (unpaired) electrons. The van der Waals surface area contributed by atoms with Crippen LogP contribution in [0.4, 0.5) is 0 Å². The van der Waals surface area contributed by atoms with Gasteiger partial charge in [-0.2, -0.15) is 5.10 Å². The SMILES string of the molecule is Cc1cc(SC(CN)c2ccc(Br)s2)n(C)n1.